The number of hydrogen-bond donors (Lipinski definition) is 1. The number of phenols is 1. The topological polar surface area (TPSA) is 45.2 Å². The number of hydrogen-bond acceptors (Lipinski definition) is 5. The van der Waals surface area contributed by atoms with E-state index in [1.807, 2.05) is 12.1 Å². The summed E-state index contributed by atoms with van der Waals surface area (Å²) >= 11 is 0. The predicted octanol–water partition coefficient (Wildman–Crippen LogP) is 6.42. The Morgan fingerprint density at radius 3 is 2.32 bits per heavy atom. The second-order valence-corrected chi connectivity index (χ2v) is 9.85. The number of ether oxygens (including phenoxy) is 2. The first-order valence-corrected chi connectivity index (χ1v) is 13.7. The molecule has 3 aromatic carbocycles. The van der Waals surface area contributed by atoms with Crippen molar-refractivity contribution in [3.63, 3.8) is 0 Å². The fraction of sp³-hybridized carbons (Fsp3) is 0.438. The Bertz CT molecular complexity index is 1140. The summed E-state index contributed by atoms with van der Waals surface area (Å²) in [7, 11) is 1.73. The quantitative estimate of drug-likeness (QED) is 0.310. The molecule has 3 aromatic rings. The Morgan fingerprint density at radius 1 is 0.865 bits per heavy atom. The molecule has 0 aromatic heterocycles. The maximum Gasteiger partial charge on any atom is 0.120 e. The van der Waals surface area contributed by atoms with Gasteiger partial charge in [-0.15, -0.1) is 0 Å². The van der Waals surface area contributed by atoms with Gasteiger partial charge < -0.3 is 24.4 Å². The molecule has 0 spiro atoms. The zero-order chi connectivity index (χ0) is 26.2. The van der Waals surface area contributed by atoms with E-state index in [1.54, 1.807) is 7.11 Å². The van der Waals surface area contributed by atoms with Crippen LogP contribution in [0.2, 0.25) is 0 Å². The number of aromatic hydroxyl groups is 1. The highest BCUT2D eigenvalue weighted by atomic mass is 16.5. The Kier molecular flexibility index (Phi) is 9.34. The Hall–Kier alpha value is -3.18. The minimum atomic E-state index is 0.361. The lowest BCUT2D eigenvalue weighted by Crippen LogP contribution is -2.27. The minimum Gasteiger partial charge on any atom is -0.508 e. The van der Waals surface area contributed by atoms with Crippen LogP contribution in [0.3, 0.4) is 0 Å². The molecule has 5 nitrogen and oxygen atoms in total. The molecule has 1 aliphatic rings. The lowest BCUT2D eigenvalue weighted by Gasteiger charge is -2.32. The SMILES string of the molecule is CCN(CC)CCOc1ccc(CN(CC)c2cc(OC)ccc2[C@H]2CCc3cc(O)ccc3C2)cc1. The van der Waals surface area contributed by atoms with E-state index in [1.165, 1.54) is 27.9 Å². The number of fused-ring (bicyclic) bond motifs is 1. The van der Waals surface area contributed by atoms with Crippen molar-refractivity contribution in [3.05, 3.63) is 82.9 Å². The van der Waals surface area contributed by atoms with Gasteiger partial charge in [-0.25, -0.2) is 0 Å². The average molecular weight is 503 g/mol. The van der Waals surface area contributed by atoms with Gasteiger partial charge in [0.15, 0.2) is 0 Å². The van der Waals surface area contributed by atoms with Gasteiger partial charge in [0, 0.05) is 31.4 Å². The third-order valence-corrected chi connectivity index (χ3v) is 7.69. The molecule has 0 heterocycles. The lowest BCUT2D eigenvalue weighted by molar-refractivity contribution is 0.223. The van der Waals surface area contributed by atoms with E-state index >= 15 is 0 Å². The molecular weight excluding hydrogens is 460 g/mol. The molecule has 1 N–H and O–H groups in total. The van der Waals surface area contributed by atoms with Crippen molar-refractivity contribution >= 4 is 5.69 Å². The molecule has 0 saturated carbocycles. The number of rotatable bonds is 12. The van der Waals surface area contributed by atoms with Gasteiger partial charge in [0.05, 0.1) is 7.11 Å². The van der Waals surface area contributed by atoms with Crippen LogP contribution >= 0.6 is 0 Å². The summed E-state index contributed by atoms with van der Waals surface area (Å²) < 4.78 is 11.6. The first kappa shape index (κ1) is 26.9. The van der Waals surface area contributed by atoms with E-state index in [4.69, 9.17) is 9.47 Å². The maximum atomic E-state index is 9.89. The molecule has 0 saturated heterocycles. The molecular formula is C32H42N2O3. The lowest BCUT2D eigenvalue weighted by atomic mass is 9.79. The normalized spacial score (nSPS) is 14.9. The van der Waals surface area contributed by atoms with Crippen LogP contribution in [0.1, 0.15) is 55.4 Å². The number of likely N-dealkylation sites (N-methyl/N-ethyl adjacent to an activating group) is 1. The van der Waals surface area contributed by atoms with Crippen molar-refractivity contribution in [1.29, 1.82) is 0 Å². The number of nitrogens with zero attached hydrogens (tertiary/aromatic N) is 2. The van der Waals surface area contributed by atoms with E-state index in [-0.39, 0.29) is 0 Å². The van der Waals surface area contributed by atoms with Gasteiger partial charge in [-0.1, -0.05) is 38.1 Å². The van der Waals surface area contributed by atoms with Crippen LogP contribution < -0.4 is 14.4 Å². The Morgan fingerprint density at radius 2 is 1.62 bits per heavy atom. The smallest absolute Gasteiger partial charge is 0.120 e. The van der Waals surface area contributed by atoms with Gasteiger partial charge in [-0.05, 0) is 97.8 Å². The highest BCUT2D eigenvalue weighted by molar-refractivity contribution is 5.60. The summed E-state index contributed by atoms with van der Waals surface area (Å²) in [6.07, 6.45) is 3.06. The van der Waals surface area contributed by atoms with Crippen LogP contribution in [0, 0.1) is 0 Å². The van der Waals surface area contributed by atoms with E-state index in [0.717, 1.165) is 63.5 Å². The summed E-state index contributed by atoms with van der Waals surface area (Å²) in [5.41, 5.74) is 6.50. The first-order chi connectivity index (χ1) is 18.0. The van der Waals surface area contributed by atoms with Crippen LogP contribution in [0.25, 0.3) is 0 Å². The van der Waals surface area contributed by atoms with Crippen LogP contribution in [-0.4, -0.2) is 49.9 Å². The fourth-order valence-corrected chi connectivity index (χ4v) is 5.39. The van der Waals surface area contributed by atoms with E-state index in [0.29, 0.717) is 18.3 Å². The van der Waals surface area contributed by atoms with Crippen molar-refractivity contribution in [1.82, 2.24) is 4.90 Å². The summed E-state index contributed by atoms with van der Waals surface area (Å²) in [5.74, 6) is 2.61. The van der Waals surface area contributed by atoms with Crippen molar-refractivity contribution in [3.8, 4) is 17.2 Å². The molecule has 0 unspecified atom stereocenters. The third kappa shape index (κ3) is 6.78. The van der Waals surface area contributed by atoms with E-state index in [9.17, 15) is 5.11 Å². The molecule has 198 valence electrons. The number of methoxy groups -OCH3 is 1. The van der Waals surface area contributed by atoms with E-state index in [2.05, 4.69) is 79.1 Å². The summed E-state index contributed by atoms with van der Waals surface area (Å²) in [5, 5.41) is 9.89. The summed E-state index contributed by atoms with van der Waals surface area (Å²) in [6, 6.07) is 20.9. The van der Waals surface area contributed by atoms with Gasteiger partial charge in [-0.2, -0.15) is 0 Å². The molecule has 1 aliphatic carbocycles. The molecule has 0 aliphatic heterocycles. The van der Waals surface area contributed by atoms with Crippen LogP contribution in [-0.2, 0) is 19.4 Å². The fourth-order valence-electron chi connectivity index (χ4n) is 5.39. The molecule has 0 bridgehead atoms. The maximum absolute atomic E-state index is 9.89. The summed E-state index contributed by atoms with van der Waals surface area (Å²) in [4.78, 5) is 4.81. The average Bonchev–Trinajstić information content (AvgIpc) is 2.94. The number of anilines is 1. The van der Waals surface area contributed by atoms with Gasteiger partial charge in [0.25, 0.3) is 0 Å². The molecule has 4 rings (SSSR count). The molecule has 1 atom stereocenters. The van der Waals surface area contributed by atoms with Gasteiger partial charge in [0.2, 0.25) is 0 Å². The van der Waals surface area contributed by atoms with Crippen LogP contribution in [0.4, 0.5) is 5.69 Å². The molecule has 0 amide bonds. The van der Waals surface area contributed by atoms with Gasteiger partial charge >= 0.3 is 0 Å². The highest BCUT2D eigenvalue weighted by Gasteiger charge is 2.24. The number of benzene rings is 3. The molecule has 0 fully saturated rings. The predicted molar refractivity (Wildman–Crippen MR) is 152 cm³/mol. The van der Waals surface area contributed by atoms with Crippen molar-refractivity contribution in [2.24, 2.45) is 0 Å². The zero-order valence-corrected chi connectivity index (χ0v) is 22.9. The Balaban J connectivity index is 1.49. The molecule has 5 heteroatoms. The minimum absolute atomic E-state index is 0.361. The van der Waals surface area contributed by atoms with Crippen molar-refractivity contribution < 1.29 is 14.6 Å². The van der Waals surface area contributed by atoms with Crippen molar-refractivity contribution in [2.45, 2.75) is 52.5 Å². The van der Waals surface area contributed by atoms with Gasteiger partial charge in [0.1, 0.15) is 23.9 Å². The second-order valence-electron chi connectivity index (χ2n) is 9.85. The molecule has 37 heavy (non-hydrogen) atoms. The second kappa shape index (κ2) is 12.9. The van der Waals surface area contributed by atoms with Crippen LogP contribution in [0.5, 0.6) is 17.2 Å². The van der Waals surface area contributed by atoms with Crippen LogP contribution in [0.15, 0.2) is 60.7 Å². The number of aryl methyl sites for hydroxylation is 1. The summed E-state index contributed by atoms with van der Waals surface area (Å²) in [6.45, 7) is 12.1. The standard InChI is InChI=1S/C32H42N2O3/c1-5-33(6-2)18-19-37-29-14-8-24(9-15-29)23-34(7-3)32-22-30(36-4)16-17-31(32)27-11-10-26-21-28(35)13-12-25(26)20-27/h8-9,12-17,21-22,27,35H,5-7,10-11,18-20,23H2,1-4H3/t27-/m0/s1. The zero-order valence-electron chi connectivity index (χ0n) is 22.9. The first-order valence-electron chi connectivity index (χ1n) is 13.7. The van der Waals surface area contributed by atoms with E-state index < -0.39 is 0 Å². The van der Waals surface area contributed by atoms with Gasteiger partial charge in [-0.3, -0.25) is 0 Å². The largest absolute Gasteiger partial charge is 0.508 e. The highest BCUT2D eigenvalue weighted by Crippen LogP contribution is 2.40. The monoisotopic (exact) mass is 502 g/mol. The number of phenolic OH excluding ortho intramolecular Hbond substituents is 1. The molecule has 0 radical (unpaired) electrons. The third-order valence-electron chi connectivity index (χ3n) is 7.69. The van der Waals surface area contributed by atoms with Crippen molar-refractivity contribution in [2.75, 3.05) is 44.8 Å². The Labute approximate surface area is 222 Å².